The molecule has 3 heterocycles. The Morgan fingerprint density at radius 2 is 1.78 bits per heavy atom. The van der Waals surface area contributed by atoms with Crippen LogP contribution in [0.1, 0.15) is 50.7 Å². The fourth-order valence-electron chi connectivity index (χ4n) is 5.06. The zero-order valence-corrected chi connectivity index (χ0v) is 24.5. The standard InChI is InChI=1S/C29H34N4O7S/c1-18-10-11-19(16-23(18)41(38,39)40)20-15-21-26(33(17-20)14-8-6-7-9-25(34)35)30-24(29(21,2)3)13-12-22-27(36)32(5)28(37)31(22)4/h10-13,15-17H,6-9,14H2,1-5H3,(H,34,35)(H,38,39,40)/b22-12+,24-13-. The van der Waals surface area contributed by atoms with E-state index in [2.05, 4.69) is 0 Å². The number of rotatable bonds is 9. The second-order valence-corrected chi connectivity index (χ2v) is 12.3. The maximum Gasteiger partial charge on any atom is 0.331 e. The summed E-state index contributed by atoms with van der Waals surface area (Å²) in [5, 5.41) is 8.96. The minimum Gasteiger partial charge on any atom is -0.481 e. The van der Waals surface area contributed by atoms with Crippen LogP contribution in [-0.4, -0.2) is 77.2 Å². The molecule has 0 atom stereocenters. The maximum absolute atomic E-state index is 12.5. The molecule has 11 nitrogen and oxygen atoms in total. The smallest absolute Gasteiger partial charge is 0.331 e. The van der Waals surface area contributed by atoms with Gasteiger partial charge in [-0.1, -0.05) is 32.4 Å². The van der Waals surface area contributed by atoms with Gasteiger partial charge in [0.15, 0.2) is 0 Å². The van der Waals surface area contributed by atoms with Crippen molar-refractivity contribution in [3.63, 3.8) is 0 Å². The normalized spacial score (nSPS) is 20.5. The highest BCUT2D eigenvalue weighted by atomic mass is 32.2. The van der Waals surface area contributed by atoms with Crippen molar-refractivity contribution in [3.8, 4) is 0 Å². The van der Waals surface area contributed by atoms with Crippen LogP contribution in [0.15, 0.2) is 69.5 Å². The first kappa shape index (κ1) is 29.9. The van der Waals surface area contributed by atoms with Crippen molar-refractivity contribution < 1.29 is 32.5 Å². The van der Waals surface area contributed by atoms with Crippen LogP contribution in [0.3, 0.4) is 0 Å². The molecular formula is C29H34N4O7S. The highest BCUT2D eigenvalue weighted by molar-refractivity contribution is 7.85. The van der Waals surface area contributed by atoms with Gasteiger partial charge >= 0.3 is 12.0 Å². The van der Waals surface area contributed by atoms with E-state index >= 15 is 0 Å². The van der Waals surface area contributed by atoms with Gasteiger partial charge in [0, 0.05) is 44.2 Å². The molecule has 0 unspecified atom stereocenters. The van der Waals surface area contributed by atoms with E-state index in [0.717, 1.165) is 16.0 Å². The zero-order valence-electron chi connectivity index (χ0n) is 23.7. The number of amides is 3. The first-order valence-corrected chi connectivity index (χ1v) is 14.6. The molecule has 41 heavy (non-hydrogen) atoms. The molecule has 1 aromatic rings. The number of carboxylic acid groups (broad SMARTS) is 1. The van der Waals surface area contributed by atoms with Gasteiger partial charge in [0.05, 0.1) is 10.6 Å². The van der Waals surface area contributed by atoms with Crippen molar-refractivity contribution >= 4 is 39.4 Å². The fourth-order valence-corrected chi connectivity index (χ4v) is 5.81. The number of likely N-dealkylation sites (N-methyl/N-ethyl adjacent to an activating group) is 2. The predicted molar refractivity (Wildman–Crippen MR) is 153 cm³/mol. The molecule has 12 heteroatoms. The second kappa shape index (κ2) is 11.1. The number of allylic oxidation sites excluding steroid dienone is 5. The van der Waals surface area contributed by atoms with Crippen LogP contribution in [0, 0.1) is 12.3 Å². The van der Waals surface area contributed by atoms with Crippen molar-refractivity contribution in [1.29, 1.82) is 0 Å². The minimum absolute atomic E-state index is 0.0917. The summed E-state index contributed by atoms with van der Waals surface area (Å²) in [4.78, 5) is 44.7. The Hall–Kier alpha value is -4.03. The van der Waals surface area contributed by atoms with Crippen molar-refractivity contribution in [2.45, 2.75) is 51.3 Å². The highest BCUT2D eigenvalue weighted by Crippen LogP contribution is 2.46. The number of imide groups is 1. The molecule has 1 saturated heterocycles. The molecular weight excluding hydrogens is 548 g/mol. The summed E-state index contributed by atoms with van der Waals surface area (Å²) >= 11 is 0. The Morgan fingerprint density at radius 1 is 1.07 bits per heavy atom. The van der Waals surface area contributed by atoms with E-state index < -0.39 is 33.4 Å². The van der Waals surface area contributed by atoms with Gasteiger partial charge in [-0.2, -0.15) is 8.42 Å². The van der Waals surface area contributed by atoms with Crippen LogP contribution in [0.5, 0.6) is 0 Å². The van der Waals surface area contributed by atoms with E-state index in [9.17, 15) is 27.4 Å². The third-order valence-electron chi connectivity index (χ3n) is 7.59. The van der Waals surface area contributed by atoms with Crippen LogP contribution in [0.4, 0.5) is 4.79 Å². The highest BCUT2D eigenvalue weighted by Gasteiger charge is 2.41. The molecule has 0 aliphatic carbocycles. The molecule has 1 aromatic carbocycles. The van der Waals surface area contributed by atoms with Crippen molar-refractivity contribution in [3.05, 3.63) is 70.7 Å². The van der Waals surface area contributed by atoms with E-state index in [0.29, 0.717) is 48.5 Å². The SMILES string of the molecule is Cc1ccc(C2=CN(CCCCCC(=O)O)C3=N/C(=C\C=C4/C(=O)N(C)C(=O)N4C)C(C)(C)C3=C2)cc1S(=O)(=O)O. The Balaban J connectivity index is 1.74. The number of nitrogens with zero attached hydrogens (tertiary/aromatic N) is 4. The van der Waals surface area contributed by atoms with Gasteiger partial charge in [-0.3, -0.25) is 23.9 Å². The molecule has 0 bridgehead atoms. The number of hydrogen-bond acceptors (Lipinski definition) is 7. The number of fused-ring (bicyclic) bond motifs is 1. The molecule has 3 amide bonds. The van der Waals surface area contributed by atoms with Gasteiger partial charge in [-0.15, -0.1) is 0 Å². The molecule has 0 aromatic heterocycles. The van der Waals surface area contributed by atoms with Crippen LogP contribution >= 0.6 is 0 Å². The van der Waals surface area contributed by atoms with Gasteiger partial charge in [-0.05, 0) is 60.8 Å². The number of unbranched alkanes of at least 4 members (excludes halogenated alkanes) is 2. The van der Waals surface area contributed by atoms with Gasteiger partial charge in [0.2, 0.25) is 0 Å². The van der Waals surface area contributed by atoms with E-state index in [4.69, 9.17) is 10.1 Å². The lowest BCUT2D eigenvalue weighted by molar-refractivity contribution is -0.137. The number of aliphatic carboxylic acids is 1. The first-order valence-electron chi connectivity index (χ1n) is 13.2. The number of aryl methyl sites for hydroxylation is 1. The maximum atomic E-state index is 12.5. The Morgan fingerprint density at radius 3 is 2.39 bits per heavy atom. The number of carbonyl (C=O) groups is 3. The molecule has 2 N–H and O–H groups in total. The molecule has 3 aliphatic heterocycles. The molecule has 1 fully saturated rings. The van der Waals surface area contributed by atoms with Gasteiger partial charge in [-0.25, -0.2) is 9.79 Å². The van der Waals surface area contributed by atoms with E-state index in [1.54, 1.807) is 31.2 Å². The number of amidine groups is 1. The number of carbonyl (C=O) groups excluding carboxylic acids is 2. The van der Waals surface area contributed by atoms with Gasteiger partial charge in [0.25, 0.3) is 16.0 Å². The predicted octanol–water partition coefficient (Wildman–Crippen LogP) is 4.20. The summed E-state index contributed by atoms with van der Waals surface area (Å²) in [5.74, 6) is -0.548. The van der Waals surface area contributed by atoms with Gasteiger partial charge in [0.1, 0.15) is 11.5 Å². The minimum atomic E-state index is -4.42. The summed E-state index contributed by atoms with van der Waals surface area (Å²) in [6.45, 7) is 6.13. The Bertz CT molecular complexity index is 1580. The molecule has 0 radical (unpaired) electrons. The van der Waals surface area contributed by atoms with Crippen LogP contribution < -0.4 is 0 Å². The van der Waals surface area contributed by atoms with Crippen molar-refractivity contribution in [2.75, 3.05) is 20.6 Å². The summed E-state index contributed by atoms with van der Waals surface area (Å²) in [5.41, 5.74) is 2.91. The third-order valence-corrected chi connectivity index (χ3v) is 8.59. The first-order chi connectivity index (χ1) is 19.1. The molecule has 3 aliphatic rings. The summed E-state index contributed by atoms with van der Waals surface area (Å²) in [7, 11) is -1.47. The number of urea groups is 1. The molecule has 0 saturated carbocycles. The van der Waals surface area contributed by atoms with E-state index in [-0.39, 0.29) is 17.0 Å². The summed E-state index contributed by atoms with van der Waals surface area (Å²) in [6, 6.07) is 4.46. The molecule has 4 rings (SSSR count). The van der Waals surface area contributed by atoms with Crippen LogP contribution in [-0.2, 0) is 19.7 Å². The quantitative estimate of drug-likeness (QED) is 0.191. The number of aliphatic imine (C=N–C) groups is 1. The van der Waals surface area contributed by atoms with Crippen LogP contribution in [0.2, 0.25) is 0 Å². The lowest BCUT2D eigenvalue weighted by atomic mass is 9.80. The average molecular weight is 583 g/mol. The lowest BCUT2D eigenvalue weighted by Crippen LogP contribution is -2.32. The second-order valence-electron chi connectivity index (χ2n) is 10.9. The zero-order chi connectivity index (χ0) is 30.3. The summed E-state index contributed by atoms with van der Waals surface area (Å²) < 4.78 is 33.7. The molecule has 0 spiro atoms. The van der Waals surface area contributed by atoms with E-state index in [1.165, 1.54) is 25.1 Å². The number of benzene rings is 1. The van der Waals surface area contributed by atoms with Crippen molar-refractivity contribution in [1.82, 2.24) is 14.7 Å². The number of hydrogen-bond donors (Lipinski definition) is 2. The third kappa shape index (κ3) is 5.89. The topological polar surface area (TPSA) is 148 Å². The van der Waals surface area contributed by atoms with Crippen molar-refractivity contribution in [2.24, 2.45) is 10.4 Å². The Kier molecular flexibility index (Phi) is 8.10. The lowest BCUT2D eigenvalue weighted by Gasteiger charge is -2.31. The largest absolute Gasteiger partial charge is 0.481 e. The summed E-state index contributed by atoms with van der Waals surface area (Å²) in [6.07, 6.45) is 9.17. The fraction of sp³-hybridized carbons (Fsp3) is 0.379. The van der Waals surface area contributed by atoms with E-state index in [1.807, 2.05) is 31.0 Å². The number of carboxylic acids is 1. The van der Waals surface area contributed by atoms with Crippen LogP contribution in [0.25, 0.3) is 5.57 Å². The van der Waals surface area contributed by atoms with Gasteiger partial charge < -0.3 is 10.0 Å². The molecule has 218 valence electrons. The Labute approximate surface area is 239 Å². The average Bonchev–Trinajstić information content (AvgIpc) is 3.25. The monoisotopic (exact) mass is 582 g/mol.